The molecule has 28 heavy (non-hydrogen) atoms. The minimum absolute atomic E-state index is 0.0562. The van der Waals surface area contributed by atoms with E-state index in [4.69, 9.17) is 9.84 Å². The van der Waals surface area contributed by atoms with Crippen LogP contribution in [0.3, 0.4) is 0 Å². The lowest BCUT2D eigenvalue weighted by molar-refractivity contribution is -0.143. The summed E-state index contributed by atoms with van der Waals surface area (Å²) in [6.45, 7) is 1.44. The zero-order valence-corrected chi connectivity index (χ0v) is 15.3. The van der Waals surface area contributed by atoms with Gasteiger partial charge in [0.15, 0.2) is 0 Å². The van der Waals surface area contributed by atoms with Gasteiger partial charge in [-0.15, -0.1) is 0 Å². The molecule has 146 valence electrons. The monoisotopic (exact) mass is 383 g/mol. The summed E-state index contributed by atoms with van der Waals surface area (Å²) < 4.78 is 5.30. The topological polar surface area (TPSA) is 113 Å². The van der Waals surface area contributed by atoms with Gasteiger partial charge in [-0.3, -0.25) is 4.79 Å². The molecule has 2 aromatic rings. The van der Waals surface area contributed by atoms with Crippen molar-refractivity contribution in [2.24, 2.45) is 5.92 Å². The lowest BCUT2D eigenvalue weighted by atomic mass is 9.98. The van der Waals surface area contributed by atoms with Gasteiger partial charge in [0.1, 0.15) is 12.6 Å². The van der Waals surface area contributed by atoms with Crippen molar-refractivity contribution in [1.29, 1.82) is 0 Å². The Morgan fingerprint density at radius 1 is 0.964 bits per heavy atom. The fourth-order valence-corrected chi connectivity index (χ4v) is 3.46. The molecular weight excluding hydrogens is 362 g/mol. The minimum atomic E-state index is -1.33. The number of carbonyl (C=O) groups is 3. The van der Waals surface area contributed by atoms with Crippen LogP contribution in [0.4, 0.5) is 4.79 Å². The Hall–Kier alpha value is -3.35. The molecule has 0 fully saturated rings. The molecular formula is C21H21NO6. The van der Waals surface area contributed by atoms with Crippen molar-refractivity contribution in [1.82, 2.24) is 5.32 Å². The van der Waals surface area contributed by atoms with Crippen LogP contribution in [-0.2, 0) is 14.3 Å². The molecule has 1 aliphatic carbocycles. The Labute approximate surface area is 162 Å². The SMILES string of the molecule is CC(C[C@H](NC(=O)OCC1c2ccccc2-c2ccccc21)C(=O)O)C(=O)O. The second kappa shape index (κ2) is 8.12. The number of amides is 1. The van der Waals surface area contributed by atoms with Crippen LogP contribution in [0.5, 0.6) is 0 Å². The number of ether oxygens (including phenoxy) is 1. The van der Waals surface area contributed by atoms with Gasteiger partial charge in [-0.2, -0.15) is 0 Å². The summed E-state index contributed by atoms with van der Waals surface area (Å²) in [4.78, 5) is 34.4. The third-order valence-corrected chi connectivity index (χ3v) is 4.94. The third-order valence-electron chi connectivity index (χ3n) is 4.94. The fraction of sp³-hybridized carbons (Fsp3) is 0.286. The van der Waals surface area contributed by atoms with Crippen molar-refractivity contribution in [2.45, 2.75) is 25.3 Å². The third kappa shape index (κ3) is 3.98. The van der Waals surface area contributed by atoms with Gasteiger partial charge in [0.05, 0.1) is 5.92 Å². The summed E-state index contributed by atoms with van der Waals surface area (Å²) in [5, 5.41) is 20.4. The van der Waals surface area contributed by atoms with E-state index < -0.39 is 30.0 Å². The molecule has 0 aromatic heterocycles. The van der Waals surface area contributed by atoms with Crippen molar-refractivity contribution >= 4 is 18.0 Å². The largest absolute Gasteiger partial charge is 0.481 e. The molecule has 3 N–H and O–H groups in total. The van der Waals surface area contributed by atoms with Gasteiger partial charge >= 0.3 is 18.0 Å². The number of hydrogen-bond donors (Lipinski definition) is 3. The molecule has 1 unspecified atom stereocenters. The highest BCUT2D eigenvalue weighted by Crippen LogP contribution is 2.44. The predicted molar refractivity (Wildman–Crippen MR) is 101 cm³/mol. The molecule has 1 aliphatic rings. The second-order valence-corrected chi connectivity index (χ2v) is 6.84. The fourth-order valence-electron chi connectivity index (χ4n) is 3.46. The molecule has 2 atom stereocenters. The van der Waals surface area contributed by atoms with Gasteiger partial charge < -0.3 is 20.3 Å². The van der Waals surface area contributed by atoms with Crippen LogP contribution in [0, 0.1) is 5.92 Å². The molecule has 7 nitrogen and oxygen atoms in total. The van der Waals surface area contributed by atoms with Gasteiger partial charge in [-0.1, -0.05) is 55.5 Å². The summed E-state index contributed by atoms with van der Waals surface area (Å²) in [5.41, 5.74) is 4.27. The molecule has 0 bridgehead atoms. The number of carboxylic acids is 2. The van der Waals surface area contributed by atoms with Gasteiger partial charge in [-0.25, -0.2) is 9.59 Å². The molecule has 0 aliphatic heterocycles. The molecule has 0 radical (unpaired) electrons. The van der Waals surface area contributed by atoms with E-state index in [1.54, 1.807) is 0 Å². The number of alkyl carbamates (subject to hydrolysis) is 1. The van der Waals surface area contributed by atoms with Crippen LogP contribution in [0.25, 0.3) is 11.1 Å². The quantitative estimate of drug-likeness (QED) is 0.677. The number of hydrogen-bond acceptors (Lipinski definition) is 4. The van der Waals surface area contributed by atoms with Crippen molar-refractivity contribution in [3.05, 3.63) is 59.7 Å². The van der Waals surface area contributed by atoms with Crippen LogP contribution >= 0.6 is 0 Å². The van der Waals surface area contributed by atoms with E-state index in [-0.39, 0.29) is 18.9 Å². The first-order valence-electron chi connectivity index (χ1n) is 8.95. The van der Waals surface area contributed by atoms with Crippen LogP contribution in [0.15, 0.2) is 48.5 Å². The van der Waals surface area contributed by atoms with Crippen LogP contribution in [0.2, 0.25) is 0 Å². The van der Waals surface area contributed by atoms with Crippen molar-refractivity contribution < 1.29 is 29.3 Å². The summed E-state index contributed by atoms with van der Waals surface area (Å²) in [6, 6.07) is 14.4. The Bertz CT molecular complexity index is 864. The van der Waals surface area contributed by atoms with E-state index in [1.165, 1.54) is 6.92 Å². The average Bonchev–Trinajstić information content (AvgIpc) is 2.99. The number of benzene rings is 2. The average molecular weight is 383 g/mol. The highest BCUT2D eigenvalue weighted by molar-refractivity contribution is 5.81. The number of nitrogens with one attached hydrogen (secondary N) is 1. The first-order chi connectivity index (χ1) is 13.4. The zero-order chi connectivity index (χ0) is 20.3. The Morgan fingerprint density at radius 3 is 2.00 bits per heavy atom. The van der Waals surface area contributed by atoms with Crippen molar-refractivity contribution in [2.75, 3.05) is 6.61 Å². The summed E-state index contributed by atoms with van der Waals surface area (Å²) >= 11 is 0. The van der Waals surface area contributed by atoms with E-state index in [0.29, 0.717) is 0 Å². The molecule has 1 amide bonds. The first kappa shape index (κ1) is 19.4. The number of aliphatic carboxylic acids is 2. The zero-order valence-electron chi connectivity index (χ0n) is 15.3. The van der Waals surface area contributed by atoms with E-state index in [9.17, 15) is 19.5 Å². The van der Waals surface area contributed by atoms with Crippen LogP contribution < -0.4 is 5.32 Å². The Balaban J connectivity index is 1.67. The maximum absolute atomic E-state index is 12.1. The number of fused-ring (bicyclic) bond motifs is 3. The molecule has 0 saturated heterocycles. The Morgan fingerprint density at radius 2 is 1.50 bits per heavy atom. The molecule has 0 saturated carbocycles. The van der Waals surface area contributed by atoms with E-state index in [1.807, 2.05) is 48.5 Å². The molecule has 2 aromatic carbocycles. The maximum Gasteiger partial charge on any atom is 0.407 e. The predicted octanol–water partition coefficient (Wildman–Crippen LogP) is 3.09. The molecule has 7 heteroatoms. The lowest BCUT2D eigenvalue weighted by Crippen LogP contribution is -2.43. The molecule has 0 heterocycles. The standard InChI is InChI=1S/C21H21NO6/c1-12(19(23)24)10-18(20(25)26)22-21(27)28-11-17-15-8-4-2-6-13(15)14-7-3-5-9-16(14)17/h2-9,12,17-18H,10-11H2,1H3,(H,22,27)(H,23,24)(H,25,26)/t12?,18-/m0/s1. The Kier molecular flexibility index (Phi) is 5.63. The summed E-state index contributed by atoms with van der Waals surface area (Å²) in [6.07, 6.45) is -1.11. The smallest absolute Gasteiger partial charge is 0.407 e. The normalized spacial score (nSPS) is 14.5. The van der Waals surface area contributed by atoms with E-state index in [0.717, 1.165) is 22.3 Å². The highest BCUT2D eigenvalue weighted by Gasteiger charge is 2.30. The van der Waals surface area contributed by atoms with Gasteiger partial charge in [-0.05, 0) is 28.7 Å². The molecule has 0 spiro atoms. The second-order valence-electron chi connectivity index (χ2n) is 6.84. The van der Waals surface area contributed by atoms with Crippen molar-refractivity contribution in [3.63, 3.8) is 0 Å². The van der Waals surface area contributed by atoms with Crippen LogP contribution in [-0.4, -0.2) is 40.9 Å². The minimum Gasteiger partial charge on any atom is -0.481 e. The summed E-state index contributed by atoms with van der Waals surface area (Å²) in [5.74, 6) is -3.48. The van der Waals surface area contributed by atoms with Crippen molar-refractivity contribution in [3.8, 4) is 11.1 Å². The number of rotatable bonds is 7. The van der Waals surface area contributed by atoms with Gasteiger partial charge in [0.25, 0.3) is 0 Å². The van der Waals surface area contributed by atoms with Gasteiger partial charge in [0, 0.05) is 5.92 Å². The van der Waals surface area contributed by atoms with E-state index in [2.05, 4.69) is 5.32 Å². The van der Waals surface area contributed by atoms with Crippen LogP contribution in [0.1, 0.15) is 30.4 Å². The van der Waals surface area contributed by atoms with Gasteiger partial charge in [0.2, 0.25) is 0 Å². The number of carboxylic acid groups (broad SMARTS) is 2. The van der Waals surface area contributed by atoms with E-state index >= 15 is 0 Å². The summed E-state index contributed by atoms with van der Waals surface area (Å²) in [7, 11) is 0. The maximum atomic E-state index is 12.1. The highest BCUT2D eigenvalue weighted by atomic mass is 16.5. The molecule has 3 rings (SSSR count). The number of carbonyl (C=O) groups excluding carboxylic acids is 1. The lowest BCUT2D eigenvalue weighted by Gasteiger charge is -2.18. The first-order valence-corrected chi connectivity index (χ1v) is 8.95.